The summed E-state index contributed by atoms with van der Waals surface area (Å²) >= 11 is 1.82. The molecule has 0 atom stereocenters. The van der Waals surface area contributed by atoms with Gasteiger partial charge < -0.3 is 10.3 Å². The van der Waals surface area contributed by atoms with Crippen LogP contribution >= 0.6 is 11.8 Å². The van der Waals surface area contributed by atoms with Crippen molar-refractivity contribution >= 4 is 17.6 Å². The zero-order valence-electron chi connectivity index (χ0n) is 9.13. The van der Waals surface area contributed by atoms with E-state index in [1.807, 2.05) is 36.4 Å². The average molecular weight is 234 g/mol. The lowest BCUT2D eigenvalue weighted by atomic mass is 10.2. The summed E-state index contributed by atoms with van der Waals surface area (Å²) in [6, 6.07) is 3.82. The number of nitrogens with two attached hydrogens (primary N) is 1. The number of imidazole rings is 1. The Balaban J connectivity index is 2.29. The Hall–Kier alpha value is -1.49. The Bertz CT molecular complexity index is 467. The number of aryl methyl sites for hydroxylation is 1. The van der Waals surface area contributed by atoms with Crippen molar-refractivity contribution in [3.63, 3.8) is 0 Å². The van der Waals surface area contributed by atoms with E-state index in [1.54, 1.807) is 6.20 Å². The van der Waals surface area contributed by atoms with Gasteiger partial charge in [-0.3, -0.25) is 0 Å². The van der Waals surface area contributed by atoms with Gasteiger partial charge in [-0.2, -0.15) is 11.8 Å². The molecule has 0 aliphatic rings. The van der Waals surface area contributed by atoms with Gasteiger partial charge in [-0.1, -0.05) is 0 Å². The van der Waals surface area contributed by atoms with E-state index in [-0.39, 0.29) is 0 Å². The average Bonchev–Trinajstić information content (AvgIpc) is 2.74. The summed E-state index contributed by atoms with van der Waals surface area (Å²) in [5.41, 5.74) is 7.82. The van der Waals surface area contributed by atoms with Gasteiger partial charge in [0.25, 0.3) is 0 Å². The molecule has 16 heavy (non-hydrogen) atoms. The highest BCUT2D eigenvalue weighted by molar-refractivity contribution is 7.98. The maximum atomic E-state index is 5.67. The predicted octanol–water partition coefficient (Wildman–Crippen LogP) is 1.89. The maximum Gasteiger partial charge on any atom is 0.123 e. The van der Waals surface area contributed by atoms with Crippen molar-refractivity contribution in [1.82, 2.24) is 14.5 Å². The molecular formula is C11H14N4S. The van der Waals surface area contributed by atoms with Crippen molar-refractivity contribution in [1.29, 1.82) is 0 Å². The molecule has 2 aromatic rings. The molecular weight excluding hydrogens is 220 g/mol. The van der Waals surface area contributed by atoms with Gasteiger partial charge in [-0.05, 0) is 18.4 Å². The summed E-state index contributed by atoms with van der Waals surface area (Å²) in [7, 11) is 0. The number of thioether (sulfide) groups is 1. The van der Waals surface area contributed by atoms with Crippen LogP contribution in [0.15, 0.2) is 30.9 Å². The summed E-state index contributed by atoms with van der Waals surface area (Å²) < 4.78 is 2.13. The highest BCUT2D eigenvalue weighted by atomic mass is 32.2. The molecule has 5 heteroatoms. The highest BCUT2D eigenvalue weighted by Crippen LogP contribution is 2.20. The second kappa shape index (κ2) is 5.03. The zero-order valence-corrected chi connectivity index (χ0v) is 9.94. The molecule has 0 aliphatic carbocycles. The van der Waals surface area contributed by atoms with E-state index >= 15 is 0 Å². The SMILES string of the molecule is CSCCn1cncc1-c1ccnc(N)c1. The predicted molar refractivity (Wildman–Crippen MR) is 68.3 cm³/mol. The fraction of sp³-hybridized carbons (Fsp3) is 0.273. The Morgan fingerprint density at radius 1 is 1.50 bits per heavy atom. The monoisotopic (exact) mass is 234 g/mol. The lowest BCUT2D eigenvalue weighted by Gasteiger charge is -2.07. The first-order chi connectivity index (χ1) is 7.81. The van der Waals surface area contributed by atoms with Gasteiger partial charge in [-0.25, -0.2) is 9.97 Å². The standard InChI is InChI=1S/C11H14N4S/c1-16-5-4-15-8-13-7-10(15)9-2-3-14-11(12)6-9/h2-3,6-8H,4-5H2,1H3,(H2,12,14). The van der Waals surface area contributed by atoms with Crippen LogP contribution < -0.4 is 5.73 Å². The topological polar surface area (TPSA) is 56.7 Å². The first-order valence-electron chi connectivity index (χ1n) is 5.02. The number of hydrogen-bond donors (Lipinski definition) is 1. The van der Waals surface area contributed by atoms with Crippen molar-refractivity contribution in [3.05, 3.63) is 30.9 Å². The number of nitrogens with zero attached hydrogens (tertiary/aromatic N) is 3. The first kappa shape index (κ1) is 11.0. The number of rotatable bonds is 4. The van der Waals surface area contributed by atoms with Crippen LogP contribution in [0, 0.1) is 0 Å². The van der Waals surface area contributed by atoms with Gasteiger partial charge >= 0.3 is 0 Å². The van der Waals surface area contributed by atoms with E-state index in [9.17, 15) is 0 Å². The largest absolute Gasteiger partial charge is 0.384 e. The smallest absolute Gasteiger partial charge is 0.123 e. The fourth-order valence-corrected chi connectivity index (χ4v) is 1.92. The lowest BCUT2D eigenvalue weighted by molar-refractivity contribution is 0.778. The molecule has 0 amide bonds. The van der Waals surface area contributed by atoms with Crippen molar-refractivity contribution in [2.75, 3.05) is 17.7 Å². The molecule has 0 aliphatic heterocycles. The van der Waals surface area contributed by atoms with E-state index in [4.69, 9.17) is 5.73 Å². The molecule has 2 aromatic heterocycles. The summed E-state index contributed by atoms with van der Waals surface area (Å²) in [6.07, 6.45) is 7.52. The molecule has 4 nitrogen and oxygen atoms in total. The summed E-state index contributed by atoms with van der Waals surface area (Å²) in [5.74, 6) is 1.61. The molecule has 0 radical (unpaired) electrons. The van der Waals surface area contributed by atoms with E-state index < -0.39 is 0 Å². The number of anilines is 1. The molecule has 0 unspecified atom stereocenters. The summed E-state index contributed by atoms with van der Waals surface area (Å²) in [4.78, 5) is 8.16. The molecule has 2 heterocycles. The summed E-state index contributed by atoms with van der Waals surface area (Å²) in [5, 5.41) is 0. The second-order valence-electron chi connectivity index (χ2n) is 3.43. The number of pyridine rings is 1. The minimum atomic E-state index is 0.537. The normalized spacial score (nSPS) is 10.6. The number of nitrogen functional groups attached to an aromatic ring is 1. The quantitative estimate of drug-likeness (QED) is 0.877. The van der Waals surface area contributed by atoms with Crippen molar-refractivity contribution < 1.29 is 0 Å². The van der Waals surface area contributed by atoms with Gasteiger partial charge in [0.05, 0.1) is 18.2 Å². The minimum Gasteiger partial charge on any atom is -0.384 e. The Labute approximate surface area is 98.9 Å². The molecule has 2 rings (SSSR count). The van der Waals surface area contributed by atoms with Gasteiger partial charge in [0.15, 0.2) is 0 Å². The van der Waals surface area contributed by atoms with Crippen LogP contribution in [0.5, 0.6) is 0 Å². The van der Waals surface area contributed by atoms with Crippen LogP contribution in [0.1, 0.15) is 0 Å². The van der Waals surface area contributed by atoms with Crippen LogP contribution in [-0.4, -0.2) is 26.5 Å². The number of aromatic nitrogens is 3. The fourth-order valence-electron chi connectivity index (χ4n) is 1.54. The minimum absolute atomic E-state index is 0.537. The first-order valence-corrected chi connectivity index (χ1v) is 6.41. The molecule has 2 N–H and O–H groups in total. The number of hydrogen-bond acceptors (Lipinski definition) is 4. The van der Waals surface area contributed by atoms with E-state index in [1.165, 1.54) is 0 Å². The Morgan fingerprint density at radius 3 is 3.12 bits per heavy atom. The summed E-state index contributed by atoms with van der Waals surface area (Å²) in [6.45, 7) is 0.957. The van der Waals surface area contributed by atoms with Gasteiger partial charge in [0.2, 0.25) is 0 Å². The van der Waals surface area contributed by atoms with Crippen LogP contribution in [0.25, 0.3) is 11.3 Å². The van der Waals surface area contributed by atoms with E-state index in [0.717, 1.165) is 23.6 Å². The second-order valence-corrected chi connectivity index (χ2v) is 4.42. The molecule has 0 fully saturated rings. The van der Waals surface area contributed by atoms with Crippen molar-refractivity contribution in [2.45, 2.75) is 6.54 Å². The maximum absolute atomic E-state index is 5.67. The molecule has 0 aromatic carbocycles. The molecule has 84 valence electrons. The third-order valence-corrected chi connectivity index (χ3v) is 2.92. The van der Waals surface area contributed by atoms with E-state index in [0.29, 0.717) is 5.82 Å². The Kier molecular flexibility index (Phi) is 3.46. The molecule has 0 saturated carbocycles. The lowest BCUT2D eigenvalue weighted by Crippen LogP contribution is -2.01. The van der Waals surface area contributed by atoms with Crippen molar-refractivity contribution in [2.24, 2.45) is 0 Å². The molecule has 0 spiro atoms. The van der Waals surface area contributed by atoms with Crippen LogP contribution in [0.2, 0.25) is 0 Å². The van der Waals surface area contributed by atoms with Crippen LogP contribution in [0.3, 0.4) is 0 Å². The van der Waals surface area contributed by atoms with Crippen molar-refractivity contribution in [3.8, 4) is 11.3 Å². The van der Waals surface area contributed by atoms with E-state index in [2.05, 4.69) is 20.8 Å². The third kappa shape index (κ3) is 2.36. The van der Waals surface area contributed by atoms with Crippen LogP contribution in [0.4, 0.5) is 5.82 Å². The van der Waals surface area contributed by atoms with Gasteiger partial charge in [0.1, 0.15) is 5.82 Å². The van der Waals surface area contributed by atoms with Gasteiger partial charge in [0, 0.05) is 24.1 Å². The molecule has 0 saturated heterocycles. The van der Waals surface area contributed by atoms with Crippen LogP contribution in [-0.2, 0) is 6.54 Å². The Morgan fingerprint density at radius 2 is 2.38 bits per heavy atom. The molecule has 0 bridgehead atoms. The zero-order chi connectivity index (χ0) is 11.4. The third-order valence-electron chi connectivity index (χ3n) is 2.33. The highest BCUT2D eigenvalue weighted by Gasteiger charge is 2.05. The van der Waals surface area contributed by atoms with Gasteiger partial charge in [-0.15, -0.1) is 0 Å².